The van der Waals surface area contributed by atoms with Gasteiger partial charge in [0.2, 0.25) is 0 Å². The van der Waals surface area contributed by atoms with Crippen molar-refractivity contribution in [1.29, 1.82) is 0 Å². The lowest BCUT2D eigenvalue weighted by Gasteiger charge is -2.54. The van der Waals surface area contributed by atoms with Gasteiger partial charge in [0.25, 0.3) is 5.91 Å². The molecule has 0 aliphatic carbocycles. The summed E-state index contributed by atoms with van der Waals surface area (Å²) in [4.78, 5) is 35.8. The second kappa shape index (κ2) is 10.3. The van der Waals surface area contributed by atoms with E-state index in [1.807, 2.05) is 6.07 Å². The van der Waals surface area contributed by atoms with Crippen molar-refractivity contribution in [2.24, 2.45) is 0 Å². The number of pyridine rings is 1. The van der Waals surface area contributed by atoms with Crippen molar-refractivity contribution in [2.75, 3.05) is 25.0 Å². The summed E-state index contributed by atoms with van der Waals surface area (Å²) in [6, 6.07) is 4.97. The molecule has 2 aliphatic rings. The van der Waals surface area contributed by atoms with E-state index in [2.05, 4.69) is 20.5 Å². The fourth-order valence-corrected chi connectivity index (χ4v) is 2.70. The van der Waals surface area contributed by atoms with Crippen molar-refractivity contribution in [3.05, 3.63) is 24.0 Å². The predicted molar refractivity (Wildman–Crippen MR) is 92.6 cm³/mol. The van der Waals surface area contributed by atoms with Gasteiger partial charge in [0.1, 0.15) is 5.69 Å². The summed E-state index contributed by atoms with van der Waals surface area (Å²) in [5, 5.41) is 20.2. The van der Waals surface area contributed by atoms with E-state index in [4.69, 9.17) is 19.8 Å². The Morgan fingerprint density at radius 3 is 1.77 bits per heavy atom. The van der Waals surface area contributed by atoms with Crippen LogP contribution in [0.15, 0.2) is 18.3 Å². The molecule has 3 rings (SSSR count). The molecule has 2 bridgehead atoms. The maximum atomic E-state index is 11.4. The molecule has 0 aromatic carbocycles. The molecule has 0 spiro atoms. The number of carboxylic acids is 2. The van der Waals surface area contributed by atoms with E-state index in [0.717, 1.165) is 18.8 Å². The Kier molecular flexibility index (Phi) is 8.60. The third kappa shape index (κ3) is 7.58. The Morgan fingerprint density at radius 2 is 1.48 bits per heavy atom. The van der Waals surface area contributed by atoms with Gasteiger partial charge in [0.15, 0.2) is 0 Å². The van der Waals surface area contributed by atoms with Crippen LogP contribution in [0.2, 0.25) is 0 Å². The fourth-order valence-electron chi connectivity index (χ4n) is 2.70. The molecular formula is C16H18F6N4O5. The van der Waals surface area contributed by atoms with Crippen LogP contribution in [0.25, 0.3) is 0 Å². The predicted octanol–water partition coefficient (Wildman–Crippen LogP) is 1.26. The highest BCUT2D eigenvalue weighted by molar-refractivity contribution is 5.92. The first-order chi connectivity index (χ1) is 14.2. The maximum absolute atomic E-state index is 11.4. The van der Waals surface area contributed by atoms with E-state index >= 15 is 0 Å². The summed E-state index contributed by atoms with van der Waals surface area (Å²) in [7, 11) is 1.61. The lowest BCUT2D eigenvalue weighted by Crippen LogP contribution is -2.68. The molecule has 1 aromatic heterocycles. The number of anilines is 1. The number of aromatic nitrogens is 1. The number of nitrogens with zero attached hydrogens (tertiary/aromatic N) is 2. The van der Waals surface area contributed by atoms with E-state index in [-0.39, 0.29) is 5.91 Å². The molecule has 9 nitrogen and oxygen atoms in total. The highest BCUT2D eigenvalue weighted by Crippen LogP contribution is 2.33. The zero-order valence-electron chi connectivity index (χ0n) is 15.8. The molecular weight excluding hydrogens is 442 g/mol. The van der Waals surface area contributed by atoms with Crippen molar-refractivity contribution in [3.8, 4) is 0 Å². The minimum atomic E-state index is -5.08. The smallest absolute Gasteiger partial charge is 0.475 e. The van der Waals surface area contributed by atoms with E-state index < -0.39 is 24.3 Å². The summed E-state index contributed by atoms with van der Waals surface area (Å²) in [6.07, 6.45) is -7.10. The molecule has 31 heavy (non-hydrogen) atoms. The summed E-state index contributed by atoms with van der Waals surface area (Å²) in [6.45, 7) is 2.10. The molecule has 2 unspecified atom stereocenters. The average Bonchev–Trinajstić information content (AvgIpc) is 2.68. The minimum absolute atomic E-state index is 0.137. The third-order valence-electron chi connectivity index (χ3n) is 4.08. The second-order valence-corrected chi connectivity index (χ2v) is 6.20. The second-order valence-electron chi connectivity index (χ2n) is 6.20. The van der Waals surface area contributed by atoms with Crippen LogP contribution in [0.3, 0.4) is 0 Å². The van der Waals surface area contributed by atoms with Gasteiger partial charge in [-0.2, -0.15) is 26.3 Å². The van der Waals surface area contributed by atoms with Crippen molar-refractivity contribution >= 4 is 23.5 Å². The van der Waals surface area contributed by atoms with Gasteiger partial charge in [-0.1, -0.05) is 0 Å². The zero-order chi connectivity index (χ0) is 24.0. The first-order valence-corrected chi connectivity index (χ1v) is 8.45. The Hall–Kier alpha value is -3.10. The number of alkyl halides is 6. The number of carbonyl (C=O) groups excluding carboxylic acids is 1. The number of carbonyl (C=O) groups is 3. The summed E-state index contributed by atoms with van der Waals surface area (Å²) < 4.78 is 63.5. The van der Waals surface area contributed by atoms with Gasteiger partial charge in [-0.05, 0) is 18.6 Å². The van der Waals surface area contributed by atoms with Crippen LogP contribution in [-0.4, -0.2) is 77.6 Å². The van der Waals surface area contributed by atoms with Crippen molar-refractivity contribution < 1.29 is 50.9 Å². The monoisotopic (exact) mass is 460 g/mol. The Bertz CT molecular complexity index is 746. The maximum Gasteiger partial charge on any atom is 0.490 e. The molecule has 2 fully saturated rings. The Morgan fingerprint density at radius 1 is 1.03 bits per heavy atom. The number of aliphatic carboxylic acids is 2. The van der Waals surface area contributed by atoms with Crippen LogP contribution in [0.4, 0.5) is 32.0 Å². The number of nitrogens with one attached hydrogen (secondary N) is 2. The van der Waals surface area contributed by atoms with E-state index in [9.17, 15) is 31.1 Å². The normalized spacial score (nSPS) is 19.5. The van der Waals surface area contributed by atoms with E-state index in [0.29, 0.717) is 17.8 Å². The number of rotatable bonds is 2. The van der Waals surface area contributed by atoms with Crippen molar-refractivity contribution in [3.63, 3.8) is 0 Å². The largest absolute Gasteiger partial charge is 0.490 e. The average molecular weight is 460 g/mol. The van der Waals surface area contributed by atoms with Crippen molar-refractivity contribution in [1.82, 2.24) is 15.6 Å². The number of hydrogen-bond acceptors (Lipinski definition) is 6. The fraction of sp³-hybridized carbons (Fsp3) is 0.500. The molecule has 174 valence electrons. The van der Waals surface area contributed by atoms with Gasteiger partial charge in [0, 0.05) is 32.2 Å². The van der Waals surface area contributed by atoms with Crippen LogP contribution in [0.1, 0.15) is 16.9 Å². The van der Waals surface area contributed by atoms with E-state index in [1.54, 1.807) is 19.3 Å². The number of piperazine rings is 1. The number of fused-ring (bicyclic) bond motifs is 2. The van der Waals surface area contributed by atoms with Crippen LogP contribution < -0.4 is 15.5 Å². The highest BCUT2D eigenvalue weighted by atomic mass is 19.4. The number of piperidine rings is 1. The van der Waals surface area contributed by atoms with Crippen molar-refractivity contribution in [2.45, 2.75) is 30.9 Å². The molecule has 1 amide bonds. The van der Waals surface area contributed by atoms with Gasteiger partial charge >= 0.3 is 24.3 Å². The highest BCUT2D eigenvalue weighted by Gasteiger charge is 2.41. The van der Waals surface area contributed by atoms with E-state index in [1.165, 1.54) is 6.42 Å². The van der Waals surface area contributed by atoms with Crippen LogP contribution in [0.5, 0.6) is 0 Å². The number of halogens is 6. The molecule has 1 aromatic rings. The summed E-state index contributed by atoms with van der Waals surface area (Å²) in [5.74, 6) is -5.65. The van der Waals surface area contributed by atoms with Crippen LogP contribution in [-0.2, 0) is 9.59 Å². The number of carboxylic acid groups (broad SMARTS) is 2. The number of hydrogen-bond donors (Lipinski definition) is 4. The molecule has 2 aliphatic heterocycles. The quantitative estimate of drug-likeness (QED) is 0.485. The molecule has 15 heteroatoms. The first-order valence-electron chi connectivity index (χ1n) is 8.45. The standard InChI is InChI=1S/C12H16N4O.2C2HF3O2/c1-13-12(17)11-3-2-8(7-15-11)16-9-4-10(16)6-14-5-9;2*3-2(4,5)1(6)7/h2-3,7,9-10,14H,4-6H2,1H3,(H,13,17);2*(H,6,7). The topological polar surface area (TPSA) is 132 Å². The molecule has 3 heterocycles. The zero-order valence-corrected chi connectivity index (χ0v) is 15.8. The SMILES string of the molecule is CNC(=O)c1ccc(N2C3CNCC2C3)cn1.O=C(O)C(F)(F)F.O=C(O)C(F)(F)F. The molecule has 0 radical (unpaired) electrons. The van der Waals surface area contributed by atoms with Gasteiger partial charge < -0.3 is 25.7 Å². The minimum Gasteiger partial charge on any atom is -0.475 e. The molecule has 4 N–H and O–H groups in total. The molecule has 0 saturated carbocycles. The molecule has 2 atom stereocenters. The van der Waals surface area contributed by atoms with Gasteiger partial charge in [-0.15, -0.1) is 0 Å². The number of amides is 1. The van der Waals surface area contributed by atoms with Gasteiger partial charge in [-0.3, -0.25) is 4.79 Å². The summed E-state index contributed by atoms with van der Waals surface area (Å²) >= 11 is 0. The third-order valence-corrected chi connectivity index (χ3v) is 4.08. The van der Waals surface area contributed by atoms with Crippen LogP contribution in [0, 0.1) is 0 Å². The lowest BCUT2D eigenvalue weighted by molar-refractivity contribution is -0.193. The lowest BCUT2D eigenvalue weighted by atomic mass is 9.88. The molecule has 2 saturated heterocycles. The van der Waals surface area contributed by atoms with Gasteiger partial charge in [0.05, 0.1) is 11.9 Å². The van der Waals surface area contributed by atoms with Crippen LogP contribution >= 0.6 is 0 Å². The Labute approximate surface area is 171 Å². The first kappa shape index (κ1) is 25.9. The van der Waals surface area contributed by atoms with Gasteiger partial charge in [-0.25, -0.2) is 14.6 Å². The summed E-state index contributed by atoms with van der Waals surface area (Å²) in [5.41, 5.74) is 1.60. The Balaban J connectivity index is 0.000000288.